The minimum atomic E-state index is -4.67. The first kappa shape index (κ1) is 16.1. The molecular formula is C15H18F3N3O2. The maximum Gasteiger partial charge on any atom is 0.573 e. The number of rotatable bonds is 4. The van der Waals surface area contributed by atoms with Crippen molar-refractivity contribution in [2.75, 3.05) is 32.7 Å². The lowest BCUT2D eigenvalue weighted by Crippen LogP contribution is -2.49. The number of amides is 1. The van der Waals surface area contributed by atoms with E-state index < -0.39 is 6.36 Å². The summed E-state index contributed by atoms with van der Waals surface area (Å²) >= 11 is 0. The second-order valence-electron chi connectivity index (χ2n) is 5.75. The van der Waals surface area contributed by atoms with E-state index in [4.69, 9.17) is 0 Å². The van der Waals surface area contributed by atoms with Gasteiger partial charge >= 0.3 is 6.36 Å². The Morgan fingerprint density at radius 2 is 1.78 bits per heavy atom. The second-order valence-corrected chi connectivity index (χ2v) is 5.75. The van der Waals surface area contributed by atoms with Gasteiger partial charge in [-0.1, -0.05) is 12.1 Å². The summed E-state index contributed by atoms with van der Waals surface area (Å²) in [5.41, 5.74) is 0.920. The van der Waals surface area contributed by atoms with Gasteiger partial charge in [0.1, 0.15) is 5.75 Å². The van der Waals surface area contributed by atoms with Crippen molar-refractivity contribution in [3.8, 4) is 5.75 Å². The molecule has 2 aliphatic rings. The van der Waals surface area contributed by atoms with Gasteiger partial charge in [-0.2, -0.15) is 0 Å². The summed E-state index contributed by atoms with van der Waals surface area (Å²) in [7, 11) is 0. The van der Waals surface area contributed by atoms with Crippen LogP contribution in [-0.4, -0.2) is 60.8 Å². The molecule has 8 heteroatoms. The number of carbonyl (C=O) groups excluding carboxylic acids is 1. The number of halogens is 3. The molecule has 0 saturated carbocycles. The molecule has 2 heterocycles. The highest BCUT2D eigenvalue weighted by Crippen LogP contribution is 2.23. The molecule has 2 aliphatic heterocycles. The fraction of sp³-hybridized carbons (Fsp3) is 0.533. The molecule has 0 aromatic heterocycles. The summed E-state index contributed by atoms with van der Waals surface area (Å²) in [6.45, 7) is 4.32. The Bertz CT molecular complexity index is 550. The molecule has 0 radical (unpaired) electrons. The van der Waals surface area contributed by atoms with E-state index in [1.165, 1.54) is 12.1 Å². The lowest BCUT2D eigenvalue weighted by molar-refractivity contribution is -0.274. The molecule has 1 aromatic carbocycles. The van der Waals surface area contributed by atoms with Crippen LogP contribution in [0.5, 0.6) is 5.75 Å². The number of hydrogen-bond acceptors (Lipinski definition) is 4. The quantitative estimate of drug-likeness (QED) is 0.844. The molecule has 0 bridgehead atoms. The lowest BCUT2D eigenvalue weighted by atomic mass is 10.2. The second kappa shape index (κ2) is 6.37. The van der Waals surface area contributed by atoms with Gasteiger partial charge in [-0.25, -0.2) is 0 Å². The highest BCUT2D eigenvalue weighted by molar-refractivity contribution is 5.84. The molecule has 2 saturated heterocycles. The Hall–Kier alpha value is -1.80. The van der Waals surface area contributed by atoms with Crippen LogP contribution in [0.25, 0.3) is 0 Å². The first-order valence-corrected chi connectivity index (χ1v) is 7.50. The van der Waals surface area contributed by atoms with Crippen molar-refractivity contribution in [2.45, 2.75) is 18.9 Å². The van der Waals surface area contributed by atoms with Crippen molar-refractivity contribution in [3.05, 3.63) is 29.8 Å². The number of piperazine rings is 1. The summed E-state index contributed by atoms with van der Waals surface area (Å²) in [5, 5.41) is 3.01. The van der Waals surface area contributed by atoms with Gasteiger partial charge in [0, 0.05) is 39.3 Å². The van der Waals surface area contributed by atoms with E-state index in [0.29, 0.717) is 19.6 Å². The third kappa shape index (κ3) is 4.59. The lowest BCUT2D eigenvalue weighted by Gasteiger charge is -2.34. The zero-order valence-corrected chi connectivity index (χ0v) is 12.5. The first-order chi connectivity index (χ1) is 10.9. The number of hydrogen-bond donors (Lipinski definition) is 1. The van der Waals surface area contributed by atoms with Crippen LogP contribution in [-0.2, 0) is 11.3 Å². The van der Waals surface area contributed by atoms with Gasteiger partial charge in [0.05, 0.1) is 6.04 Å². The van der Waals surface area contributed by atoms with E-state index in [1.807, 2.05) is 4.90 Å². The molecule has 1 aromatic rings. The average molecular weight is 329 g/mol. The average Bonchev–Trinajstić information content (AvgIpc) is 3.33. The van der Waals surface area contributed by atoms with Crippen molar-refractivity contribution in [3.63, 3.8) is 0 Å². The smallest absolute Gasteiger partial charge is 0.406 e. The molecular weight excluding hydrogens is 311 g/mol. The molecule has 1 amide bonds. The minimum Gasteiger partial charge on any atom is -0.406 e. The normalized spacial score (nSPS) is 22.0. The fourth-order valence-electron chi connectivity index (χ4n) is 2.64. The van der Waals surface area contributed by atoms with Gasteiger partial charge in [-0.05, 0) is 17.7 Å². The summed E-state index contributed by atoms with van der Waals surface area (Å²) in [6, 6.07) is 5.91. The van der Waals surface area contributed by atoms with Gasteiger partial charge < -0.3 is 15.0 Å². The van der Waals surface area contributed by atoms with Crippen molar-refractivity contribution >= 4 is 5.91 Å². The number of ether oxygens (including phenoxy) is 1. The predicted molar refractivity (Wildman–Crippen MR) is 76.8 cm³/mol. The van der Waals surface area contributed by atoms with Gasteiger partial charge in [0.2, 0.25) is 5.91 Å². The zero-order chi connectivity index (χ0) is 16.4. The number of nitrogens with zero attached hydrogens (tertiary/aromatic N) is 2. The highest BCUT2D eigenvalue weighted by Gasteiger charge is 2.34. The van der Waals surface area contributed by atoms with Gasteiger partial charge in [0.15, 0.2) is 0 Å². The molecule has 3 rings (SSSR count). The van der Waals surface area contributed by atoms with Crippen LogP contribution >= 0.6 is 0 Å². The number of alkyl halides is 3. The van der Waals surface area contributed by atoms with Crippen LogP contribution in [0.4, 0.5) is 13.2 Å². The van der Waals surface area contributed by atoms with Crippen molar-refractivity contribution in [1.82, 2.24) is 15.1 Å². The molecule has 1 atom stereocenters. The van der Waals surface area contributed by atoms with E-state index in [1.54, 1.807) is 12.1 Å². The summed E-state index contributed by atoms with van der Waals surface area (Å²) < 4.78 is 40.2. The van der Waals surface area contributed by atoms with Crippen LogP contribution in [0.15, 0.2) is 24.3 Å². The maximum absolute atomic E-state index is 12.1. The minimum absolute atomic E-state index is 0.00253. The molecule has 23 heavy (non-hydrogen) atoms. The third-order valence-corrected chi connectivity index (χ3v) is 3.95. The first-order valence-electron chi connectivity index (χ1n) is 7.50. The van der Waals surface area contributed by atoms with Gasteiger partial charge in [-0.3, -0.25) is 9.69 Å². The molecule has 126 valence electrons. The molecule has 0 unspecified atom stereocenters. The Labute approximate surface area is 132 Å². The standard InChI is InChI=1S/C15H18F3N3O2/c16-15(17,18)23-12-3-1-11(2-4-12)10-20-5-7-21(8-6-20)14(22)13-9-19-13/h1-4,13,19H,5-10H2/t13-/m1/s1. The summed E-state index contributed by atoms with van der Waals surface area (Å²) in [5.74, 6) is -0.0492. The molecule has 2 fully saturated rings. The molecule has 5 nitrogen and oxygen atoms in total. The highest BCUT2D eigenvalue weighted by atomic mass is 19.4. The Balaban J connectivity index is 1.47. The molecule has 0 spiro atoms. The summed E-state index contributed by atoms with van der Waals surface area (Å²) in [4.78, 5) is 16.0. The Morgan fingerprint density at radius 1 is 1.17 bits per heavy atom. The van der Waals surface area contributed by atoms with Crippen molar-refractivity contribution < 1.29 is 22.7 Å². The third-order valence-electron chi connectivity index (χ3n) is 3.95. The van der Waals surface area contributed by atoms with Crippen LogP contribution in [0.3, 0.4) is 0 Å². The van der Waals surface area contributed by atoms with Crippen molar-refractivity contribution in [2.24, 2.45) is 0 Å². The van der Waals surface area contributed by atoms with Crippen LogP contribution < -0.4 is 10.1 Å². The number of nitrogens with one attached hydrogen (secondary N) is 1. The van der Waals surface area contributed by atoms with Gasteiger partial charge in [0.25, 0.3) is 0 Å². The largest absolute Gasteiger partial charge is 0.573 e. The topological polar surface area (TPSA) is 54.7 Å². The zero-order valence-electron chi connectivity index (χ0n) is 12.5. The Kier molecular flexibility index (Phi) is 4.45. The van der Waals surface area contributed by atoms with Crippen molar-refractivity contribution in [1.29, 1.82) is 0 Å². The maximum atomic E-state index is 12.1. The van der Waals surface area contributed by atoms with Crippen LogP contribution in [0.1, 0.15) is 5.56 Å². The summed E-state index contributed by atoms with van der Waals surface area (Å²) in [6.07, 6.45) is -4.67. The van der Waals surface area contributed by atoms with E-state index >= 15 is 0 Å². The Morgan fingerprint density at radius 3 is 2.30 bits per heavy atom. The molecule has 0 aliphatic carbocycles. The SMILES string of the molecule is O=C([C@H]1CN1)N1CCN(Cc2ccc(OC(F)(F)F)cc2)CC1. The van der Waals surface area contributed by atoms with E-state index in [-0.39, 0.29) is 17.7 Å². The monoisotopic (exact) mass is 329 g/mol. The molecule has 1 N–H and O–H groups in total. The van der Waals surface area contributed by atoms with E-state index in [9.17, 15) is 18.0 Å². The number of benzene rings is 1. The fourth-order valence-corrected chi connectivity index (χ4v) is 2.64. The predicted octanol–water partition coefficient (Wildman–Crippen LogP) is 1.20. The number of carbonyl (C=O) groups is 1. The van der Waals surface area contributed by atoms with E-state index in [2.05, 4.69) is 15.0 Å². The van der Waals surface area contributed by atoms with Crippen LogP contribution in [0.2, 0.25) is 0 Å². The van der Waals surface area contributed by atoms with E-state index in [0.717, 1.165) is 25.2 Å². The van der Waals surface area contributed by atoms with Crippen LogP contribution in [0, 0.1) is 0 Å². The van der Waals surface area contributed by atoms with Gasteiger partial charge in [-0.15, -0.1) is 13.2 Å².